The first-order chi connectivity index (χ1) is 10.1. The standard InChI is InChI=1S/C16H24ClNO2S/c1-11-8-13(6-7-14(11)17)20-10-12(19)9-18-15-4-3-5-16(15)21-2/h6-8,12,15-16,18-19H,3-5,9-10H2,1-2H3. The smallest absolute Gasteiger partial charge is 0.119 e. The zero-order chi connectivity index (χ0) is 15.2. The van der Waals surface area contributed by atoms with Gasteiger partial charge < -0.3 is 15.2 Å². The molecule has 5 heteroatoms. The predicted octanol–water partition coefficient (Wildman–Crippen LogP) is 3.26. The van der Waals surface area contributed by atoms with Crippen molar-refractivity contribution in [2.75, 3.05) is 19.4 Å². The molecule has 118 valence electrons. The molecule has 1 aromatic carbocycles. The Balaban J connectivity index is 1.72. The Morgan fingerprint density at radius 1 is 1.48 bits per heavy atom. The zero-order valence-corrected chi connectivity index (χ0v) is 14.2. The summed E-state index contributed by atoms with van der Waals surface area (Å²) in [5.74, 6) is 0.749. The van der Waals surface area contributed by atoms with Gasteiger partial charge in [0.1, 0.15) is 18.5 Å². The van der Waals surface area contributed by atoms with E-state index in [9.17, 15) is 5.11 Å². The molecule has 0 spiro atoms. The number of thioether (sulfide) groups is 1. The van der Waals surface area contributed by atoms with Crippen molar-refractivity contribution in [1.82, 2.24) is 5.32 Å². The number of ether oxygens (including phenoxy) is 1. The Bertz CT molecular complexity index is 458. The first-order valence-electron chi connectivity index (χ1n) is 7.43. The summed E-state index contributed by atoms with van der Waals surface area (Å²) in [5.41, 5.74) is 0.982. The number of halogens is 1. The number of rotatable bonds is 7. The minimum Gasteiger partial charge on any atom is -0.491 e. The lowest BCUT2D eigenvalue weighted by atomic mass is 10.2. The Labute approximate surface area is 136 Å². The van der Waals surface area contributed by atoms with E-state index in [2.05, 4.69) is 11.6 Å². The van der Waals surface area contributed by atoms with Gasteiger partial charge in [-0.05, 0) is 49.8 Å². The molecule has 0 heterocycles. The third-order valence-corrected chi connectivity index (χ3v) is 5.54. The molecule has 21 heavy (non-hydrogen) atoms. The van der Waals surface area contributed by atoms with Crippen molar-refractivity contribution in [3.05, 3.63) is 28.8 Å². The maximum atomic E-state index is 10.0. The summed E-state index contributed by atoms with van der Waals surface area (Å²) >= 11 is 7.89. The topological polar surface area (TPSA) is 41.5 Å². The molecule has 1 aliphatic carbocycles. The molecule has 0 aromatic heterocycles. The Hall–Kier alpha value is -0.420. The van der Waals surface area contributed by atoms with Crippen LogP contribution in [0, 0.1) is 6.92 Å². The fourth-order valence-corrected chi connectivity index (χ4v) is 3.77. The van der Waals surface area contributed by atoms with E-state index in [1.165, 1.54) is 19.3 Å². The zero-order valence-electron chi connectivity index (χ0n) is 12.6. The summed E-state index contributed by atoms with van der Waals surface area (Å²) < 4.78 is 5.62. The van der Waals surface area contributed by atoms with E-state index in [0.29, 0.717) is 24.4 Å². The van der Waals surface area contributed by atoms with Gasteiger partial charge in [0.2, 0.25) is 0 Å². The quantitative estimate of drug-likeness (QED) is 0.805. The molecular weight excluding hydrogens is 306 g/mol. The number of benzene rings is 1. The van der Waals surface area contributed by atoms with Crippen LogP contribution in [0.25, 0.3) is 0 Å². The number of nitrogens with one attached hydrogen (secondary N) is 1. The number of aliphatic hydroxyl groups is 1. The van der Waals surface area contributed by atoms with Crippen LogP contribution in [0.3, 0.4) is 0 Å². The molecule has 0 saturated heterocycles. The van der Waals surface area contributed by atoms with Gasteiger partial charge in [-0.25, -0.2) is 0 Å². The first-order valence-corrected chi connectivity index (χ1v) is 9.10. The van der Waals surface area contributed by atoms with Crippen LogP contribution in [0.4, 0.5) is 0 Å². The second-order valence-corrected chi connectivity index (χ2v) is 7.08. The molecular formula is C16H24ClNO2S. The van der Waals surface area contributed by atoms with Gasteiger partial charge in [-0.15, -0.1) is 0 Å². The van der Waals surface area contributed by atoms with E-state index < -0.39 is 6.10 Å². The third kappa shape index (κ3) is 5.06. The van der Waals surface area contributed by atoms with Crippen LogP contribution in [-0.2, 0) is 0 Å². The van der Waals surface area contributed by atoms with E-state index >= 15 is 0 Å². The molecule has 0 amide bonds. The SMILES string of the molecule is CSC1CCCC1NCC(O)COc1ccc(Cl)c(C)c1. The molecule has 1 fully saturated rings. The van der Waals surface area contributed by atoms with E-state index in [1.54, 1.807) is 0 Å². The van der Waals surface area contributed by atoms with Gasteiger partial charge in [-0.3, -0.25) is 0 Å². The van der Waals surface area contributed by atoms with E-state index in [4.69, 9.17) is 16.3 Å². The fourth-order valence-electron chi connectivity index (χ4n) is 2.69. The number of aryl methyl sites for hydroxylation is 1. The van der Waals surface area contributed by atoms with Crippen molar-refractivity contribution in [3.63, 3.8) is 0 Å². The van der Waals surface area contributed by atoms with Gasteiger partial charge in [0.15, 0.2) is 0 Å². The normalized spacial score (nSPS) is 23.2. The van der Waals surface area contributed by atoms with Crippen molar-refractivity contribution in [3.8, 4) is 5.75 Å². The highest BCUT2D eigenvalue weighted by atomic mass is 35.5. The molecule has 2 rings (SSSR count). The van der Waals surface area contributed by atoms with Crippen molar-refractivity contribution in [2.45, 2.75) is 43.6 Å². The average molecular weight is 330 g/mol. The molecule has 3 unspecified atom stereocenters. The highest BCUT2D eigenvalue weighted by Gasteiger charge is 2.26. The van der Waals surface area contributed by atoms with Crippen LogP contribution < -0.4 is 10.1 Å². The molecule has 1 aromatic rings. The highest BCUT2D eigenvalue weighted by Crippen LogP contribution is 2.28. The van der Waals surface area contributed by atoms with Gasteiger partial charge in [-0.2, -0.15) is 11.8 Å². The van der Waals surface area contributed by atoms with Gasteiger partial charge in [0, 0.05) is 22.9 Å². The van der Waals surface area contributed by atoms with Crippen LogP contribution in [0.5, 0.6) is 5.75 Å². The molecule has 0 aliphatic heterocycles. The van der Waals surface area contributed by atoms with Crippen LogP contribution in [0.1, 0.15) is 24.8 Å². The minimum atomic E-state index is -0.496. The Kier molecular flexibility index (Phi) is 6.68. The van der Waals surface area contributed by atoms with E-state index in [0.717, 1.165) is 16.3 Å². The molecule has 0 bridgehead atoms. The Morgan fingerprint density at radius 2 is 2.29 bits per heavy atom. The van der Waals surface area contributed by atoms with Crippen molar-refractivity contribution >= 4 is 23.4 Å². The fraction of sp³-hybridized carbons (Fsp3) is 0.625. The lowest BCUT2D eigenvalue weighted by molar-refractivity contribution is 0.104. The molecule has 1 saturated carbocycles. The van der Waals surface area contributed by atoms with Crippen LogP contribution in [0.15, 0.2) is 18.2 Å². The predicted molar refractivity (Wildman–Crippen MR) is 90.6 cm³/mol. The van der Waals surface area contributed by atoms with Crippen molar-refractivity contribution < 1.29 is 9.84 Å². The van der Waals surface area contributed by atoms with Crippen LogP contribution in [-0.4, -0.2) is 41.9 Å². The van der Waals surface area contributed by atoms with Gasteiger partial charge in [0.25, 0.3) is 0 Å². The third-order valence-electron chi connectivity index (χ3n) is 3.94. The average Bonchev–Trinajstić information content (AvgIpc) is 2.94. The van der Waals surface area contributed by atoms with Crippen LogP contribution in [0.2, 0.25) is 5.02 Å². The summed E-state index contributed by atoms with van der Waals surface area (Å²) in [6.07, 6.45) is 5.42. The lowest BCUT2D eigenvalue weighted by Crippen LogP contribution is -2.40. The second kappa shape index (κ2) is 8.28. The molecule has 3 nitrogen and oxygen atoms in total. The number of hydrogen-bond acceptors (Lipinski definition) is 4. The lowest BCUT2D eigenvalue weighted by Gasteiger charge is -2.21. The highest BCUT2D eigenvalue weighted by molar-refractivity contribution is 7.99. The molecule has 2 N–H and O–H groups in total. The summed E-state index contributed by atoms with van der Waals surface area (Å²) in [5, 5.41) is 14.9. The maximum Gasteiger partial charge on any atom is 0.119 e. The largest absolute Gasteiger partial charge is 0.491 e. The summed E-state index contributed by atoms with van der Waals surface area (Å²) in [7, 11) is 0. The van der Waals surface area contributed by atoms with E-state index in [1.807, 2.05) is 36.9 Å². The summed E-state index contributed by atoms with van der Waals surface area (Å²) in [4.78, 5) is 0. The number of hydrogen-bond donors (Lipinski definition) is 2. The maximum absolute atomic E-state index is 10.0. The van der Waals surface area contributed by atoms with Gasteiger partial charge in [-0.1, -0.05) is 18.0 Å². The van der Waals surface area contributed by atoms with Crippen LogP contribution >= 0.6 is 23.4 Å². The van der Waals surface area contributed by atoms with E-state index in [-0.39, 0.29) is 0 Å². The van der Waals surface area contributed by atoms with Gasteiger partial charge in [0.05, 0.1) is 0 Å². The van der Waals surface area contributed by atoms with Crippen molar-refractivity contribution in [2.24, 2.45) is 0 Å². The minimum absolute atomic E-state index is 0.296. The monoisotopic (exact) mass is 329 g/mol. The van der Waals surface area contributed by atoms with Crippen molar-refractivity contribution in [1.29, 1.82) is 0 Å². The first kappa shape index (κ1) is 16.9. The molecule has 1 aliphatic rings. The summed E-state index contributed by atoms with van der Waals surface area (Å²) in [6, 6.07) is 6.06. The molecule has 3 atom stereocenters. The second-order valence-electron chi connectivity index (χ2n) is 5.60. The Morgan fingerprint density at radius 3 is 3.00 bits per heavy atom. The number of aliphatic hydroxyl groups excluding tert-OH is 1. The van der Waals surface area contributed by atoms with Gasteiger partial charge >= 0.3 is 0 Å². The summed E-state index contributed by atoms with van der Waals surface area (Å²) in [6.45, 7) is 2.81. The molecule has 0 radical (unpaired) electrons.